The molecule has 87 heavy (non-hydrogen) atoms. The molecule has 30 nitrogen and oxygen atoms in total. The number of amides is 11. The van der Waals surface area contributed by atoms with Gasteiger partial charge in [0.2, 0.25) is 65.0 Å². The van der Waals surface area contributed by atoms with Crippen LogP contribution in [0, 0.1) is 5.92 Å². The van der Waals surface area contributed by atoms with Crippen LogP contribution in [-0.2, 0) is 70.4 Å². The highest BCUT2D eigenvalue weighted by Crippen LogP contribution is 2.24. The van der Waals surface area contributed by atoms with Gasteiger partial charge in [0.25, 0.3) is 0 Å². The van der Waals surface area contributed by atoms with Crippen LogP contribution < -0.4 is 54.0 Å². The number of carboxylic acids is 1. The lowest BCUT2D eigenvalue weighted by atomic mass is 10.0. The number of nitrogens with one attached hydrogen (secondary N) is 8. The van der Waals surface area contributed by atoms with Gasteiger partial charge in [-0.1, -0.05) is 74.5 Å². The Bertz CT molecular complexity index is 2740. The number of carboxylic acid groups (broad SMARTS) is 1. The summed E-state index contributed by atoms with van der Waals surface area (Å²) in [4.78, 5) is 164. The highest BCUT2D eigenvalue weighted by molar-refractivity contribution is 5.98. The molecular weight excluding hydrogens is 1140 g/mol. The van der Waals surface area contributed by atoms with Crippen molar-refractivity contribution in [1.82, 2.24) is 57.2 Å². The number of aliphatic hydroxyl groups is 4. The van der Waals surface area contributed by atoms with Gasteiger partial charge < -0.3 is 94.2 Å². The number of nitrogens with two attached hydrogens (primary N) is 2. The predicted molar refractivity (Wildman–Crippen MR) is 308 cm³/mol. The van der Waals surface area contributed by atoms with Crippen molar-refractivity contribution >= 4 is 70.9 Å². The van der Waals surface area contributed by atoms with Gasteiger partial charge in [-0.05, 0) is 56.2 Å². The molecule has 3 fully saturated rings. The van der Waals surface area contributed by atoms with Gasteiger partial charge in [-0.25, -0.2) is 4.79 Å². The predicted octanol–water partition coefficient (Wildman–Crippen LogP) is -6.27. The zero-order valence-corrected chi connectivity index (χ0v) is 48.9. The molecule has 3 saturated heterocycles. The molecule has 3 aliphatic rings. The first-order valence-corrected chi connectivity index (χ1v) is 29.0. The SMILES string of the molecule is CC(C)C[C@H](NC(=O)CNC(=O)[C@@H]1C[C@@H](O)CN1C(=O)[C@@H](NC(=O)CNC(=O)[C@@H]1C[C@@H](O)CN1C(=O)[C@H](Cc1ccccc1)NC(=O)CN)[C@@H](C)O)C(=O)N1C[C@H](O)C[C@H]1C(=O)NCC(=O)N[C@@H](Cc1ccccc1)C(=O)N[C@@H](CCCCN)C(=O)O. The summed E-state index contributed by atoms with van der Waals surface area (Å²) in [5, 5.41) is 72.0. The number of carbonyl (C=O) groups excluding carboxylic acids is 11. The second-order valence-corrected chi connectivity index (χ2v) is 22.4. The van der Waals surface area contributed by atoms with Gasteiger partial charge in [-0.2, -0.15) is 0 Å². The van der Waals surface area contributed by atoms with E-state index in [2.05, 4.69) is 42.5 Å². The second-order valence-electron chi connectivity index (χ2n) is 22.4. The van der Waals surface area contributed by atoms with E-state index in [1.54, 1.807) is 74.5 Å². The van der Waals surface area contributed by atoms with Gasteiger partial charge in [0.1, 0.15) is 48.3 Å². The molecule has 3 heterocycles. The van der Waals surface area contributed by atoms with Gasteiger partial charge in [-0.3, -0.25) is 52.7 Å². The fraction of sp³-hybridized carbons (Fsp3) is 0.579. The maximum absolute atomic E-state index is 14.2. The van der Waals surface area contributed by atoms with E-state index in [1.165, 1.54) is 6.92 Å². The third-order valence-electron chi connectivity index (χ3n) is 14.9. The molecule has 11 amide bonds. The van der Waals surface area contributed by atoms with Crippen molar-refractivity contribution in [2.75, 3.05) is 52.4 Å². The molecule has 0 spiro atoms. The Labute approximate surface area is 502 Å². The van der Waals surface area contributed by atoms with Crippen LogP contribution in [0.25, 0.3) is 0 Å². The van der Waals surface area contributed by atoms with Crippen LogP contribution in [0.5, 0.6) is 0 Å². The number of nitrogens with zero attached hydrogens (tertiary/aromatic N) is 3. The minimum absolute atomic E-state index is 0.0175. The van der Waals surface area contributed by atoms with Gasteiger partial charge in [0.15, 0.2) is 0 Å². The van der Waals surface area contributed by atoms with Crippen molar-refractivity contribution in [3.63, 3.8) is 0 Å². The molecule has 0 aliphatic carbocycles. The van der Waals surface area contributed by atoms with E-state index in [-0.39, 0.29) is 64.0 Å². The third kappa shape index (κ3) is 21.0. The van der Waals surface area contributed by atoms with Crippen molar-refractivity contribution in [3.8, 4) is 0 Å². The molecule has 2 aromatic rings. The highest BCUT2D eigenvalue weighted by Gasteiger charge is 2.46. The van der Waals surface area contributed by atoms with Gasteiger partial charge in [0.05, 0.1) is 50.6 Å². The molecule has 30 heteroatoms. The molecule has 0 radical (unpaired) electrons. The quantitative estimate of drug-likeness (QED) is 0.0312. The molecule has 0 bridgehead atoms. The summed E-state index contributed by atoms with van der Waals surface area (Å²) in [6, 6.07) is 6.47. The van der Waals surface area contributed by atoms with Crippen LogP contribution >= 0.6 is 0 Å². The van der Waals surface area contributed by atoms with Crippen molar-refractivity contribution in [2.24, 2.45) is 17.4 Å². The number of aliphatic hydroxyl groups excluding tert-OH is 4. The maximum Gasteiger partial charge on any atom is 0.326 e. The topological polar surface area (TPSA) is 464 Å². The van der Waals surface area contributed by atoms with Crippen LogP contribution in [-0.4, -0.2) is 236 Å². The molecule has 2 aromatic carbocycles. The Morgan fingerprint density at radius 1 is 0.517 bits per heavy atom. The molecule has 12 atom stereocenters. The van der Waals surface area contributed by atoms with Crippen LogP contribution in [0.2, 0.25) is 0 Å². The van der Waals surface area contributed by atoms with E-state index in [9.17, 15) is 83.1 Å². The number of unbranched alkanes of at least 4 members (excludes halogenated alkanes) is 1. The average Bonchev–Trinajstić information content (AvgIpc) is 4.41. The highest BCUT2D eigenvalue weighted by atomic mass is 16.4. The molecule has 0 aromatic heterocycles. The Kier molecular flexibility index (Phi) is 26.9. The van der Waals surface area contributed by atoms with Crippen LogP contribution in [0.1, 0.15) is 76.8 Å². The molecule has 5 rings (SSSR count). The minimum atomic E-state index is -1.74. The maximum atomic E-state index is 14.2. The van der Waals surface area contributed by atoms with Gasteiger partial charge in [-0.15, -0.1) is 0 Å². The Balaban J connectivity index is 1.16. The molecule has 0 saturated carbocycles. The Morgan fingerprint density at radius 2 is 0.920 bits per heavy atom. The first kappa shape index (κ1) is 69.6. The Hall–Kier alpha value is -8.16. The summed E-state index contributed by atoms with van der Waals surface area (Å²) in [6.45, 7) is 1.27. The van der Waals surface area contributed by atoms with Crippen molar-refractivity contribution < 1.29 is 83.1 Å². The fourth-order valence-corrected chi connectivity index (χ4v) is 10.5. The molecular formula is C57H83N13O17. The summed E-state index contributed by atoms with van der Waals surface area (Å²) in [5.41, 5.74) is 12.4. The smallest absolute Gasteiger partial charge is 0.326 e. The van der Waals surface area contributed by atoms with E-state index in [0.29, 0.717) is 30.5 Å². The number of benzene rings is 2. The average molecular weight is 1220 g/mol. The van der Waals surface area contributed by atoms with Crippen molar-refractivity contribution in [1.29, 1.82) is 0 Å². The van der Waals surface area contributed by atoms with Gasteiger partial charge in [0, 0.05) is 51.7 Å². The standard InChI is InChI=1S/C57H83N13O17/c1-31(2)18-40(54(83)68-28-35(72)21-42(68)51(80)60-25-46(76)63-39(19-33-12-6-4-7-13-33)50(79)66-38(57(86)87)16-10-11-17-58)65-47(77)26-61-53(82)44-23-37(74)30-70(44)56(85)49(32(3)71)67-48(78)27-62-52(81)43-22-36(73)29-69(43)55(84)41(64-45(75)24-59)20-34-14-8-5-9-15-34/h4-9,12-15,31-32,35-44,49,71-74H,10-11,16-30,58-59H2,1-3H3,(H,60,80)(H,61,82)(H,62,81)(H,63,76)(H,64,75)(H,65,77)(H,66,79)(H,67,78)(H,86,87)/t32-,35-,36-,37-,38+,39+,40+,41+,42+,43+,44+,49+/m1/s1. The first-order chi connectivity index (χ1) is 41.3. The zero-order valence-electron chi connectivity index (χ0n) is 48.9. The van der Waals surface area contributed by atoms with Crippen LogP contribution in [0.4, 0.5) is 0 Å². The summed E-state index contributed by atoms with van der Waals surface area (Å²) in [5.74, 6) is -10.8. The van der Waals surface area contributed by atoms with Gasteiger partial charge >= 0.3 is 5.97 Å². The monoisotopic (exact) mass is 1220 g/mol. The normalized spacial score (nSPS) is 21.1. The molecule has 0 unspecified atom stereocenters. The largest absolute Gasteiger partial charge is 0.480 e. The number of rotatable bonds is 31. The number of aliphatic carboxylic acids is 1. The lowest BCUT2D eigenvalue weighted by molar-refractivity contribution is -0.144. The lowest BCUT2D eigenvalue weighted by Gasteiger charge is -2.30. The molecule has 17 N–H and O–H groups in total. The van der Waals surface area contributed by atoms with Crippen LogP contribution in [0.15, 0.2) is 60.7 Å². The summed E-state index contributed by atoms with van der Waals surface area (Å²) >= 11 is 0. The number of β-amino-alcohol motifs (C(OH)–C–C–N with tert-alkyl or cyclic N) is 3. The number of hydrogen-bond donors (Lipinski definition) is 15. The van der Waals surface area contributed by atoms with Crippen molar-refractivity contribution in [3.05, 3.63) is 71.8 Å². The fourth-order valence-electron chi connectivity index (χ4n) is 10.5. The number of carbonyl (C=O) groups is 12. The third-order valence-corrected chi connectivity index (χ3v) is 14.9. The number of hydrogen-bond acceptors (Lipinski definition) is 18. The first-order valence-electron chi connectivity index (χ1n) is 29.0. The lowest BCUT2D eigenvalue weighted by Crippen LogP contribution is -2.59. The molecule has 3 aliphatic heterocycles. The van der Waals surface area contributed by atoms with E-state index < -0.39 is 176 Å². The summed E-state index contributed by atoms with van der Waals surface area (Å²) in [6.07, 6.45) is -4.95. The zero-order chi connectivity index (χ0) is 64.1. The second kappa shape index (κ2) is 33.7. The van der Waals surface area contributed by atoms with Crippen molar-refractivity contribution in [2.45, 2.75) is 151 Å². The molecule has 478 valence electrons. The van der Waals surface area contributed by atoms with E-state index in [0.717, 1.165) is 14.7 Å². The summed E-state index contributed by atoms with van der Waals surface area (Å²) in [7, 11) is 0. The van der Waals surface area contributed by atoms with E-state index in [1.807, 2.05) is 0 Å². The van der Waals surface area contributed by atoms with E-state index >= 15 is 0 Å². The Morgan fingerprint density at radius 3 is 1.33 bits per heavy atom. The van der Waals surface area contributed by atoms with Crippen LogP contribution in [0.3, 0.4) is 0 Å². The van der Waals surface area contributed by atoms with E-state index in [4.69, 9.17) is 11.5 Å². The number of likely N-dealkylation sites (tertiary alicyclic amines) is 3. The minimum Gasteiger partial charge on any atom is -0.480 e. The summed E-state index contributed by atoms with van der Waals surface area (Å²) < 4.78 is 0.